The maximum Gasteiger partial charge on any atom is 0.408 e. The van der Waals surface area contributed by atoms with Crippen LogP contribution in [0.5, 0.6) is 0 Å². The number of aromatic nitrogens is 1. The second-order valence-corrected chi connectivity index (χ2v) is 12.2. The van der Waals surface area contributed by atoms with Gasteiger partial charge in [0.05, 0.1) is 11.5 Å². The molecule has 1 saturated carbocycles. The fourth-order valence-corrected chi connectivity index (χ4v) is 5.48. The van der Waals surface area contributed by atoms with E-state index in [0.29, 0.717) is 30.4 Å². The molecule has 1 aromatic carbocycles. The van der Waals surface area contributed by atoms with E-state index in [-0.39, 0.29) is 24.1 Å². The highest BCUT2D eigenvalue weighted by Gasteiger charge is 2.33. The molecule has 0 spiro atoms. The number of unbranched alkanes of at least 4 members (excludes halogenated alkanes) is 1. The number of sulfone groups is 1. The molecule has 35 heavy (non-hydrogen) atoms. The van der Waals surface area contributed by atoms with Crippen LogP contribution in [-0.2, 0) is 19.4 Å². The van der Waals surface area contributed by atoms with Crippen molar-refractivity contribution in [1.29, 1.82) is 0 Å². The lowest BCUT2D eigenvalue weighted by Crippen LogP contribution is -2.51. The molecule has 2 amide bonds. The van der Waals surface area contributed by atoms with Crippen molar-refractivity contribution in [2.75, 3.05) is 18.1 Å². The smallest absolute Gasteiger partial charge is 0.408 e. The fourth-order valence-electron chi connectivity index (χ4n) is 3.55. The maximum absolute atomic E-state index is 12.7. The number of hydrogen-bond acceptors (Lipinski definition) is 8. The van der Waals surface area contributed by atoms with Crippen LogP contribution in [0.1, 0.15) is 64.9 Å². The predicted molar refractivity (Wildman–Crippen MR) is 130 cm³/mol. The van der Waals surface area contributed by atoms with Crippen LogP contribution in [0.15, 0.2) is 28.7 Å². The number of fused-ring (bicyclic) bond motifs is 1. The van der Waals surface area contributed by atoms with E-state index in [1.807, 2.05) is 12.1 Å². The van der Waals surface area contributed by atoms with Crippen LogP contribution in [0.4, 0.5) is 4.79 Å². The Balaban J connectivity index is 1.47. The van der Waals surface area contributed by atoms with Gasteiger partial charge in [-0.2, -0.15) is 0 Å². The first-order chi connectivity index (χ1) is 16.4. The summed E-state index contributed by atoms with van der Waals surface area (Å²) in [7, 11) is -3.52. The number of benzene rings is 1. The van der Waals surface area contributed by atoms with Crippen LogP contribution in [0.3, 0.4) is 0 Å². The molecule has 0 aliphatic heterocycles. The van der Waals surface area contributed by atoms with Crippen molar-refractivity contribution >= 4 is 32.9 Å². The average Bonchev–Trinajstić information content (AvgIpc) is 3.43. The molecule has 194 valence electrons. The number of oxazole rings is 1. The number of aliphatic hydroxyl groups is 1. The molecule has 1 fully saturated rings. The van der Waals surface area contributed by atoms with E-state index < -0.39 is 45.3 Å². The Hall–Kier alpha value is -2.66. The Morgan fingerprint density at radius 3 is 2.60 bits per heavy atom. The quantitative estimate of drug-likeness (QED) is 0.370. The van der Waals surface area contributed by atoms with Gasteiger partial charge in [0.1, 0.15) is 23.3 Å². The van der Waals surface area contributed by atoms with Crippen LogP contribution < -0.4 is 10.6 Å². The summed E-state index contributed by atoms with van der Waals surface area (Å²) in [5.74, 6) is -0.670. The second-order valence-electron chi connectivity index (χ2n) is 10.0. The third-order valence-electron chi connectivity index (χ3n) is 5.41. The van der Waals surface area contributed by atoms with E-state index in [4.69, 9.17) is 9.15 Å². The zero-order chi connectivity index (χ0) is 25.6. The van der Waals surface area contributed by atoms with Gasteiger partial charge >= 0.3 is 6.09 Å². The van der Waals surface area contributed by atoms with Crippen molar-refractivity contribution < 1.29 is 32.3 Å². The highest BCUT2D eigenvalue weighted by Crippen LogP contribution is 2.30. The van der Waals surface area contributed by atoms with Crippen molar-refractivity contribution in [3.8, 4) is 0 Å². The number of carbonyl (C=O) groups excluding carboxylic acids is 2. The molecule has 0 radical (unpaired) electrons. The van der Waals surface area contributed by atoms with Gasteiger partial charge in [-0.3, -0.25) is 4.79 Å². The van der Waals surface area contributed by atoms with Gasteiger partial charge in [0.25, 0.3) is 0 Å². The molecule has 11 heteroatoms. The summed E-state index contributed by atoms with van der Waals surface area (Å²) in [5, 5.41) is 15.4. The zero-order valence-electron chi connectivity index (χ0n) is 20.5. The largest absolute Gasteiger partial charge is 0.444 e. The molecule has 1 aromatic heterocycles. The van der Waals surface area contributed by atoms with Gasteiger partial charge in [0.2, 0.25) is 11.8 Å². The van der Waals surface area contributed by atoms with E-state index in [1.165, 1.54) is 0 Å². The number of nitrogens with zero attached hydrogens (tertiary/aromatic N) is 1. The molecular weight excluding hydrogens is 474 g/mol. The number of nitrogens with one attached hydrogen (secondary N) is 2. The van der Waals surface area contributed by atoms with Crippen LogP contribution in [0.2, 0.25) is 0 Å². The van der Waals surface area contributed by atoms with E-state index >= 15 is 0 Å². The Morgan fingerprint density at radius 1 is 1.23 bits per heavy atom. The van der Waals surface area contributed by atoms with E-state index in [1.54, 1.807) is 32.9 Å². The first kappa shape index (κ1) is 26.9. The molecule has 0 saturated heterocycles. The van der Waals surface area contributed by atoms with E-state index in [0.717, 1.165) is 12.8 Å². The highest BCUT2D eigenvalue weighted by molar-refractivity contribution is 7.91. The van der Waals surface area contributed by atoms with Crippen LogP contribution in [0.25, 0.3) is 11.1 Å². The first-order valence-electron chi connectivity index (χ1n) is 11.9. The van der Waals surface area contributed by atoms with Crippen molar-refractivity contribution in [2.45, 2.75) is 70.6 Å². The summed E-state index contributed by atoms with van der Waals surface area (Å²) in [4.78, 5) is 29.2. The van der Waals surface area contributed by atoms with Crippen molar-refractivity contribution in [3.05, 3.63) is 30.2 Å². The number of hydrogen-bond donors (Lipinski definition) is 3. The minimum Gasteiger partial charge on any atom is -0.444 e. The van der Waals surface area contributed by atoms with Gasteiger partial charge < -0.3 is 24.9 Å². The lowest BCUT2D eigenvalue weighted by molar-refractivity contribution is -0.122. The standard InChI is InChI=1S/C24H35N3O7S/c1-24(2,3)34-23(30)27-18(15-35(31,32)14-16-11-12-16)21(29)25-13-7-6-9-19(28)22-26-17-8-4-5-10-20(17)33-22/h4-5,8,10,16,18-19,28H,6-7,9,11-15H2,1-3H3,(H,25,29)(H,27,30)/t18-,19-/m0/s1. The lowest BCUT2D eigenvalue weighted by atomic mass is 10.1. The molecule has 0 unspecified atom stereocenters. The number of para-hydroxylation sites is 2. The molecule has 2 atom stereocenters. The van der Waals surface area contributed by atoms with Crippen molar-refractivity contribution in [3.63, 3.8) is 0 Å². The topological polar surface area (TPSA) is 148 Å². The molecular formula is C24H35N3O7S. The summed E-state index contributed by atoms with van der Waals surface area (Å²) in [6.45, 7) is 5.30. The third kappa shape index (κ3) is 9.14. The molecule has 1 heterocycles. The molecule has 0 bridgehead atoms. The normalized spacial score (nSPS) is 16.0. The van der Waals surface area contributed by atoms with Crippen LogP contribution in [0, 0.1) is 5.92 Å². The van der Waals surface area contributed by atoms with Gasteiger partial charge in [0, 0.05) is 6.54 Å². The molecule has 2 aromatic rings. The predicted octanol–water partition coefficient (Wildman–Crippen LogP) is 2.87. The van der Waals surface area contributed by atoms with Gasteiger partial charge in [0.15, 0.2) is 15.4 Å². The molecule has 10 nitrogen and oxygen atoms in total. The second kappa shape index (κ2) is 11.4. The number of aliphatic hydroxyl groups excluding tert-OH is 1. The number of ether oxygens (including phenoxy) is 1. The van der Waals surface area contributed by atoms with Gasteiger partial charge in [-0.15, -0.1) is 0 Å². The average molecular weight is 510 g/mol. The minimum atomic E-state index is -3.52. The monoisotopic (exact) mass is 509 g/mol. The Morgan fingerprint density at radius 2 is 1.94 bits per heavy atom. The molecule has 1 aliphatic carbocycles. The zero-order valence-corrected chi connectivity index (χ0v) is 21.3. The summed E-state index contributed by atoms with van der Waals surface area (Å²) in [5.41, 5.74) is 0.496. The Labute approximate surface area is 205 Å². The number of amides is 2. The van der Waals surface area contributed by atoms with Gasteiger partial charge in [-0.1, -0.05) is 12.1 Å². The fraction of sp³-hybridized carbons (Fsp3) is 0.625. The summed E-state index contributed by atoms with van der Waals surface area (Å²) in [6, 6.07) is 6.00. The highest BCUT2D eigenvalue weighted by atomic mass is 32.2. The number of carbonyl (C=O) groups is 2. The van der Waals surface area contributed by atoms with Crippen LogP contribution >= 0.6 is 0 Å². The molecule has 3 N–H and O–H groups in total. The Bertz CT molecular complexity index is 1090. The van der Waals surface area contributed by atoms with Crippen molar-refractivity contribution in [2.24, 2.45) is 5.92 Å². The van der Waals surface area contributed by atoms with E-state index in [9.17, 15) is 23.1 Å². The summed E-state index contributed by atoms with van der Waals surface area (Å²) >= 11 is 0. The third-order valence-corrected chi connectivity index (χ3v) is 7.23. The van der Waals surface area contributed by atoms with Crippen LogP contribution in [-0.4, -0.2) is 60.2 Å². The minimum absolute atomic E-state index is 0.0144. The maximum atomic E-state index is 12.7. The lowest BCUT2D eigenvalue weighted by Gasteiger charge is -2.23. The molecule has 1 aliphatic rings. The van der Waals surface area contributed by atoms with Crippen molar-refractivity contribution in [1.82, 2.24) is 15.6 Å². The summed E-state index contributed by atoms with van der Waals surface area (Å²) < 4.78 is 35.8. The van der Waals surface area contributed by atoms with Gasteiger partial charge in [-0.05, 0) is 70.9 Å². The molecule has 3 rings (SSSR count). The number of rotatable bonds is 12. The Kier molecular flexibility index (Phi) is 8.76. The van der Waals surface area contributed by atoms with Gasteiger partial charge in [-0.25, -0.2) is 18.2 Å². The summed E-state index contributed by atoms with van der Waals surface area (Å²) in [6.07, 6.45) is 1.52. The van der Waals surface area contributed by atoms with E-state index in [2.05, 4.69) is 15.6 Å². The number of alkyl carbamates (subject to hydrolysis) is 1. The SMILES string of the molecule is CC(C)(C)OC(=O)N[C@@H](CS(=O)(=O)CC1CC1)C(=O)NCCCC[C@H](O)c1nc2ccccc2o1. The first-order valence-corrected chi connectivity index (χ1v) is 13.8.